The number of phenols is 1. The summed E-state index contributed by atoms with van der Waals surface area (Å²) in [6.07, 6.45) is 4.16. The fraction of sp³-hybridized carbons (Fsp3) is 0.115. The molecule has 3 aromatic carbocycles. The van der Waals surface area contributed by atoms with Crippen LogP contribution >= 0.6 is 12.6 Å². The first-order valence-electron chi connectivity index (χ1n) is 10.6. The van der Waals surface area contributed by atoms with Gasteiger partial charge in [0.15, 0.2) is 0 Å². The number of fused-ring (bicyclic) bond motifs is 1. The zero-order chi connectivity index (χ0) is 23.2. The number of hydrogen-bond donors (Lipinski definition) is 3. The molecule has 5 rings (SSSR count). The lowest BCUT2D eigenvalue weighted by Crippen LogP contribution is -2.04. The summed E-state index contributed by atoms with van der Waals surface area (Å²) >= 11 is 3.95. The summed E-state index contributed by atoms with van der Waals surface area (Å²) in [4.78, 5) is 13.8. The number of hydrogen-bond acceptors (Lipinski definition) is 6. The Morgan fingerprint density at radius 2 is 1.61 bits per heavy atom. The molecule has 6 nitrogen and oxygen atoms in total. The molecular weight excluding hydrogens is 430 g/mol. The minimum atomic E-state index is 0.232. The fourth-order valence-electron chi connectivity index (χ4n) is 3.56. The Morgan fingerprint density at radius 1 is 0.909 bits per heavy atom. The largest absolute Gasteiger partial charge is 0.507 e. The van der Waals surface area contributed by atoms with Crippen LogP contribution in [0.3, 0.4) is 0 Å². The first-order valence-corrected chi connectivity index (χ1v) is 11.1. The van der Waals surface area contributed by atoms with E-state index < -0.39 is 0 Å². The highest BCUT2D eigenvalue weighted by molar-refractivity contribution is 7.80. The number of nitrogen functional groups attached to an aromatic ring is 1. The second-order valence-electron chi connectivity index (χ2n) is 7.43. The van der Waals surface area contributed by atoms with Crippen LogP contribution in [0.1, 0.15) is 18.3 Å². The molecule has 0 saturated heterocycles. The number of imidazole rings is 1. The van der Waals surface area contributed by atoms with Gasteiger partial charge in [0.1, 0.15) is 23.1 Å². The van der Waals surface area contributed by atoms with Crippen LogP contribution in [0.2, 0.25) is 0 Å². The fourth-order valence-corrected chi connectivity index (χ4v) is 3.72. The minimum absolute atomic E-state index is 0.232. The van der Waals surface area contributed by atoms with Crippen LogP contribution in [-0.4, -0.2) is 24.6 Å². The zero-order valence-electron chi connectivity index (χ0n) is 18.3. The van der Waals surface area contributed by atoms with E-state index in [4.69, 9.17) is 15.8 Å². The van der Waals surface area contributed by atoms with E-state index in [1.807, 2.05) is 24.3 Å². The molecule has 166 valence electrons. The number of aromatic hydroxyl groups is 1. The van der Waals surface area contributed by atoms with E-state index in [1.165, 1.54) is 11.1 Å². The van der Waals surface area contributed by atoms with E-state index in [0.29, 0.717) is 10.7 Å². The van der Waals surface area contributed by atoms with Crippen molar-refractivity contribution < 1.29 is 5.11 Å². The number of thiol groups is 1. The highest BCUT2D eigenvalue weighted by atomic mass is 32.1. The average Bonchev–Trinajstić information content (AvgIpc) is 3.20. The van der Waals surface area contributed by atoms with Gasteiger partial charge < -0.3 is 15.4 Å². The van der Waals surface area contributed by atoms with Crippen molar-refractivity contribution in [3.8, 4) is 17.0 Å². The molecule has 0 aliphatic rings. The normalized spacial score (nSPS) is 10.6. The van der Waals surface area contributed by atoms with Crippen LogP contribution in [-0.2, 0) is 13.0 Å². The molecule has 33 heavy (non-hydrogen) atoms. The molecule has 0 fully saturated rings. The van der Waals surface area contributed by atoms with Gasteiger partial charge in [-0.1, -0.05) is 55.5 Å². The Morgan fingerprint density at radius 3 is 2.27 bits per heavy atom. The highest BCUT2D eigenvalue weighted by Gasteiger charge is 2.10. The molecule has 5 aromatic rings. The summed E-state index contributed by atoms with van der Waals surface area (Å²) in [6.45, 7) is 2.93. The van der Waals surface area contributed by atoms with E-state index in [2.05, 4.69) is 64.4 Å². The maximum atomic E-state index is 8.84. The predicted molar refractivity (Wildman–Crippen MR) is 135 cm³/mol. The van der Waals surface area contributed by atoms with Crippen molar-refractivity contribution in [3.63, 3.8) is 0 Å². The third kappa shape index (κ3) is 5.15. The number of aromatic nitrogens is 4. The molecule has 2 heterocycles. The van der Waals surface area contributed by atoms with Crippen molar-refractivity contribution in [2.24, 2.45) is 0 Å². The third-order valence-corrected chi connectivity index (χ3v) is 5.60. The molecule has 0 spiro atoms. The second-order valence-corrected chi connectivity index (χ2v) is 7.91. The summed E-state index contributed by atoms with van der Waals surface area (Å²) in [7, 11) is 0. The van der Waals surface area contributed by atoms with Crippen molar-refractivity contribution in [1.82, 2.24) is 19.5 Å². The molecule has 7 heteroatoms. The number of rotatable bonds is 4. The van der Waals surface area contributed by atoms with Crippen molar-refractivity contribution in [2.45, 2.75) is 24.8 Å². The molecular formula is C26H25N5OS. The summed E-state index contributed by atoms with van der Waals surface area (Å²) in [6, 6.07) is 23.5. The Bertz CT molecular complexity index is 1340. The molecule has 0 bridgehead atoms. The van der Waals surface area contributed by atoms with Gasteiger partial charge in [-0.15, -0.1) is 12.6 Å². The maximum absolute atomic E-state index is 8.84. The number of nitrogens with two attached hydrogens (primary N) is 1. The average molecular weight is 456 g/mol. The molecule has 0 saturated carbocycles. The van der Waals surface area contributed by atoms with Crippen molar-refractivity contribution in [2.75, 3.05) is 5.73 Å². The Balaban J connectivity index is 0.000000275. The molecule has 3 N–H and O–H groups in total. The van der Waals surface area contributed by atoms with Gasteiger partial charge in [-0.2, -0.15) is 0 Å². The summed E-state index contributed by atoms with van der Waals surface area (Å²) in [5.74, 6) is 1.78. The number of benzene rings is 3. The summed E-state index contributed by atoms with van der Waals surface area (Å²) in [5.41, 5.74) is 11.0. The van der Waals surface area contributed by atoms with Gasteiger partial charge in [0.25, 0.3) is 0 Å². The molecule has 0 amide bonds. The molecule has 0 aliphatic carbocycles. The number of phenolic OH excluding ortho intramolecular Hbond substituents is 1. The summed E-state index contributed by atoms with van der Waals surface area (Å²) < 4.78 is 2.28. The second kappa shape index (κ2) is 10.2. The maximum Gasteiger partial charge on any atom is 0.149 e. The number of anilines is 1. The van der Waals surface area contributed by atoms with Gasteiger partial charge >= 0.3 is 0 Å². The lowest BCUT2D eigenvalue weighted by Gasteiger charge is -2.09. The third-order valence-electron chi connectivity index (χ3n) is 5.23. The first kappa shape index (κ1) is 22.4. The molecule has 0 unspecified atom stereocenters. The Hall–Kier alpha value is -3.84. The van der Waals surface area contributed by atoms with Crippen molar-refractivity contribution in [1.29, 1.82) is 0 Å². The first-order chi connectivity index (χ1) is 16.1. The van der Waals surface area contributed by atoms with Crippen LogP contribution in [0.25, 0.3) is 22.3 Å². The Kier molecular flexibility index (Phi) is 6.90. The monoisotopic (exact) mass is 455 g/mol. The minimum Gasteiger partial charge on any atom is -0.507 e. The van der Waals surface area contributed by atoms with E-state index in [9.17, 15) is 0 Å². The van der Waals surface area contributed by atoms with Crippen LogP contribution in [0.15, 0.2) is 90.1 Å². The van der Waals surface area contributed by atoms with E-state index in [0.717, 1.165) is 35.6 Å². The van der Waals surface area contributed by atoms with Gasteiger partial charge in [-0.25, -0.2) is 9.97 Å². The smallest absolute Gasteiger partial charge is 0.149 e. The highest BCUT2D eigenvalue weighted by Crippen LogP contribution is 2.23. The molecule has 0 radical (unpaired) electrons. The van der Waals surface area contributed by atoms with Gasteiger partial charge in [0, 0.05) is 35.8 Å². The zero-order valence-corrected chi connectivity index (χ0v) is 19.2. The lowest BCUT2D eigenvalue weighted by molar-refractivity contribution is 0.463. The number of aryl methyl sites for hydroxylation is 1. The van der Waals surface area contributed by atoms with Gasteiger partial charge in [-0.3, -0.25) is 4.98 Å². The van der Waals surface area contributed by atoms with Crippen molar-refractivity contribution in [3.05, 3.63) is 96.6 Å². The topological polar surface area (TPSA) is 89.9 Å². The lowest BCUT2D eigenvalue weighted by atomic mass is 10.1. The van der Waals surface area contributed by atoms with Crippen LogP contribution in [0.5, 0.6) is 5.75 Å². The molecule has 0 atom stereocenters. The predicted octanol–water partition coefficient (Wildman–Crippen LogP) is 5.37. The van der Waals surface area contributed by atoms with E-state index >= 15 is 0 Å². The van der Waals surface area contributed by atoms with Gasteiger partial charge in [-0.05, 0) is 29.8 Å². The standard InChI is InChI=1S/C20H19N5.C6H6OS/c1-2-18-24-16-5-3-4-6-17(16)25(18)13-14-7-9-15(10-8-14)19-20(21)23-12-11-22-19;7-5-3-1-2-4-6(5)8/h3-12H,2,13H2,1H3,(H2,21,23);1-4,7-8H. The van der Waals surface area contributed by atoms with Gasteiger partial charge in [0.2, 0.25) is 0 Å². The van der Waals surface area contributed by atoms with Gasteiger partial charge in [0.05, 0.1) is 11.0 Å². The van der Waals surface area contributed by atoms with E-state index in [-0.39, 0.29) is 5.75 Å². The van der Waals surface area contributed by atoms with Crippen LogP contribution in [0.4, 0.5) is 5.82 Å². The Labute approximate surface area is 198 Å². The number of nitrogens with zero attached hydrogens (tertiary/aromatic N) is 4. The molecule has 2 aromatic heterocycles. The summed E-state index contributed by atoms with van der Waals surface area (Å²) in [5, 5.41) is 8.84. The van der Waals surface area contributed by atoms with E-state index in [1.54, 1.807) is 30.6 Å². The quantitative estimate of drug-likeness (QED) is 0.317. The van der Waals surface area contributed by atoms with Crippen molar-refractivity contribution >= 4 is 29.5 Å². The SMILES string of the molecule is CCc1nc2ccccc2n1Cc1ccc(-c2nccnc2N)cc1.Oc1ccccc1S. The van der Waals surface area contributed by atoms with Crippen LogP contribution < -0.4 is 5.73 Å². The van der Waals surface area contributed by atoms with Crippen LogP contribution in [0, 0.1) is 0 Å². The number of para-hydroxylation sites is 3. The molecule has 0 aliphatic heterocycles.